The zero-order valence-electron chi connectivity index (χ0n) is 16.7. The molecule has 142 valence electrons. The van der Waals surface area contributed by atoms with E-state index in [0.717, 1.165) is 32.3 Å². The topological polar surface area (TPSA) is 33.6 Å². The van der Waals surface area contributed by atoms with Gasteiger partial charge in [0.1, 0.15) is 0 Å². The van der Waals surface area contributed by atoms with Crippen molar-refractivity contribution in [1.82, 2.24) is 5.43 Å². The lowest BCUT2D eigenvalue weighted by Crippen LogP contribution is -2.31. The minimum Gasteiger partial charge on any atom is -0.378 e. The standard InChI is InChI=1S/C23H34N2O/c1-4-7-18-10-12-19(13-11-18)23-22-9-6-8-20(26-16-5-2)14-15-21(22)17(3)24-25-23/h10-13,20,22,24H,4-9,14-16H2,1-3H3. The van der Waals surface area contributed by atoms with Crippen molar-refractivity contribution in [3.8, 4) is 0 Å². The smallest absolute Gasteiger partial charge is 0.0751 e. The molecule has 1 heterocycles. The Bertz CT molecular complexity index is 645. The SMILES string of the molecule is CCCOC1CCCC2C(c3ccc(CCC)cc3)=NNC(C)=C2CC1. The lowest BCUT2D eigenvalue weighted by molar-refractivity contribution is 0.0379. The van der Waals surface area contributed by atoms with Crippen LogP contribution in [-0.2, 0) is 11.2 Å². The summed E-state index contributed by atoms with van der Waals surface area (Å²) < 4.78 is 6.06. The molecule has 26 heavy (non-hydrogen) atoms. The second-order valence-electron chi connectivity index (χ2n) is 7.72. The Kier molecular flexibility index (Phi) is 6.90. The van der Waals surface area contributed by atoms with E-state index in [2.05, 4.69) is 50.5 Å². The third-order valence-corrected chi connectivity index (χ3v) is 5.68. The van der Waals surface area contributed by atoms with E-state index in [1.165, 1.54) is 53.8 Å². The van der Waals surface area contributed by atoms with E-state index < -0.39 is 0 Å². The Hall–Kier alpha value is -1.61. The van der Waals surface area contributed by atoms with Gasteiger partial charge in [0.25, 0.3) is 0 Å². The van der Waals surface area contributed by atoms with Crippen LogP contribution in [0.1, 0.15) is 76.8 Å². The lowest BCUT2D eigenvalue weighted by atomic mass is 9.79. The highest BCUT2D eigenvalue weighted by Crippen LogP contribution is 2.35. The number of nitrogens with zero attached hydrogens (tertiary/aromatic N) is 1. The molecule has 1 fully saturated rings. The van der Waals surface area contributed by atoms with Gasteiger partial charge in [0, 0.05) is 18.2 Å². The van der Waals surface area contributed by atoms with Gasteiger partial charge >= 0.3 is 0 Å². The second-order valence-corrected chi connectivity index (χ2v) is 7.72. The van der Waals surface area contributed by atoms with Crippen LogP contribution in [0.15, 0.2) is 40.6 Å². The number of fused-ring (bicyclic) bond motifs is 1. The number of ether oxygens (including phenoxy) is 1. The molecule has 2 aliphatic rings. The molecule has 3 heteroatoms. The average Bonchev–Trinajstić information content (AvgIpc) is 2.63. The largest absolute Gasteiger partial charge is 0.378 e. The molecular formula is C23H34N2O. The van der Waals surface area contributed by atoms with Gasteiger partial charge < -0.3 is 4.74 Å². The number of allylic oxidation sites excluding steroid dienone is 2. The van der Waals surface area contributed by atoms with Crippen molar-refractivity contribution < 1.29 is 4.74 Å². The molecule has 2 unspecified atom stereocenters. The molecule has 0 spiro atoms. The third-order valence-electron chi connectivity index (χ3n) is 5.68. The Balaban J connectivity index is 1.75. The van der Waals surface area contributed by atoms with E-state index in [4.69, 9.17) is 9.84 Å². The van der Waals surface area contributed by atoms with Crippen molar-refractivity contribution in [2.45, 2.75) is 78.2 Å². The summed E-state index contributed by atoms with van der Waals surface area (Å²) in [7, 11) is 0. The highest BCUT2D eigenvalue weighted by atomic mass is 16.5. The lowest BCUT2D eigenvalue weighted by Gasteiger charge is -2.32. The molecule has 0 bridgehead atoms. The summed E-state index contributed by atoms with van der Waals surface area (Å²) in [5.74, 6) is 0.459. The van der Waals surface area contributed by atoms with Crippen LogP contribution in [0.4, 0.5) is 0 Å². The van der Waals surface area contributed by atoms with Crippen LogP contribution in [0.2, 0.25) is 0 Å². The van der Waals surface area contributed by atoms with Gasteiger partial charge in [0.15, 0.2) is 0 Å². The van der Waals surface area contributed by atoms with Crippen molar-refractivity contribution in [2.75, 3.05) is 6.61 Å². The van der Waals surface area contributed by atoms with Crippen LogP contribution in [0.5, 0.6) is 0 Å². The van der Waals surface area contributed by atoms with E-state index >= 15 is 0 Å². The maximum atomic E-state index is 6.06. The first-order chi connectivity index (χ1) is 12.7. The van der Waals surface area contributed by atoms with Gasteiger partial charge in [-0.05, 0) is 68.6 Å². The Morgan fingerprint density at radius 3 is 2.62 bits per heavy atom. The average molecular weight is 355 g/mol. The van der Waals surface area contributed by atoms with Gasteiger partial charge in [-0.25, -0.2) is 0 Å². The molecule has 1 aromatic carbocycles. The van der Waals surface area contributed by atoms with E-state index in [0.29, 0.717) is 12.0 Å². The maximum absolute atomic E-state index is 6.06. The first-order valence-corrected chi connectivity index (χ1v) is 10.5. The summed E-state index contributed by atoms with van der Waals surface area (Å²) in [6.07, 6.45) is 9.69. The van der Waals surface area contributed by atoms with Crippen molar-refractivity contribution >= 4 is 5.71 Å². The van der Waals surface area contributed by atoms with Crippen LogP contribution >= 0.6 is 0 Å². The van der Waals surface area contributed by atoms with Gasteiger partial charge in [0.05, 0.1) is 11.8 Å². The van der Waals surface area contributed by atoms with E-state index in [9.17, 15) is 0 Å². The van der Waals surface area contributed by atoms with Crippen LogP contribution in [0.25, 0.3) is 0 Å². The second kappa shape index (κ2) is 9.36. The van der Waals surface area contributed by atoms with Crippen LogP contribution < -0.4 is 5.43 Å². The van der Waals surface area contributed by atoms with Crippen LogP contribution in [-0.4, -0.2) is 18.4 Å². The molecule has 0 aromatic heterocycles. The number of hydrogen-bond donors (Lipinski definition) is 1. The molecule has 1 aliphatic carbocycles. The van der Waals surface area contributed by atoms with Gasteiger partial charge in [-0.2, -0.15) is 5.10 Å². The maximum Gasteiger partial charge on any atom is 0.0751 e. The van der Waals surface area contributed by atoms with Gasteiger partial charge in [-0.3, -0.25) is 5.43 Å². The highest BCUT2D eigenvalue weighted by molar-refractivity contribution is 6.04. The summed E-state index contributed by atoms with van der Waals surface area (Å²) in [4.78, 5) is 0. The van der Waals surface area contributed by atoms with Crippen LogP contribution in [0.3, 0.4) is 0 Å². The number of benzene rings is 1. The molecule has 0 amide bonds. The summed E-state index contributed by atoms with van der Waals surface area (Å²) >= 11 is 0. The minimum atomic E-state index is 0.423. The third kappa shape index (κ3) is 4.56. The number of nitrogens with one attached hydrogen (secondary N) is 1. The fourth-order valence-corrected chi connectivity index (χ4v) is 4.25. The summed E-state index contributed by atoms with van der Waals surface area (Å²) in [6, 6.07) is 9.05. The van der Waals surface area contributed by atoms with Gasteiger partial charge in [-0.15, -0.1) is 0 Å². The monoisotopic (exact) mass is 354 g/mol. The summed E-state index contributed by atoms with van der Waals surface area (Å²) in [5, 5.41) is 4.76. The minimum absolute atomic E-state index is 0.423. The van der Waals surface area contributed by atoms with Crippen molar-refractivity contribution in [3.05, 3.63) is 46.7 Å². The van der Waals surface area contributed by atoms with E-state index in [1.54, 1.807) is 0 Å². The zero-order valence-corrected chi connectivity index (χ0v) is 16.7. The predicted molar refractivity (Wildman–Crippen MR) is 109 cm³/mol. The number of rotatable bonds is 6. The molecule has 3 rings (SSSR count). The van der Waals surface area contributed by atoms with Crippen LogP contribution in [0, 0.1) is 5.92 Å². The molecule has 1 aromatic rings. The Morgan fingerprint density at radius 1 is 1.08 bits per heavy atom. The molecular weight excluding hydrogens is 320 g/mol. The predicted octanol–water partition coefficient (Wildman–Crippen LogP) is 5.60. The van der Waals surface area contributed by atoms with Crippen molar-refractivity contribution in [3.63, 3.8) is 0 Å². The molecule has 1 aliphatic heterocycles. The number of aryl methyl sites for hydroxylation is 1. The summed E-state index contributed by atoms with van der Waals surface area (Å²) in [6.45, 7) is 7.48. The first kappa shape index (κ1) is 19.2. The fourth-order valence-electron chi connectivity index (χ4n) is 4.25. The van der Waals surface area contributed by atoms with Crippen molar-refractivity contribution in [1.29, 1.82) is 0 Å². The van der Waals surface area contributed by atoms with E-state index in [1.807, 2.05) is 0 Å². The zero-order chi connectivity index (χ0) is 18.4. The normalized spacial score (nSPS) is 23.6. The summed E-state index contributed by atoms with van der Waals surface area (Å²) in [5.41, 5.74) is 10.0. The molecule has 0 radical (unpaired) electrons. The molecule has 1 N–H and O–H groups in total. The number of hydrazone groups is 1. The first-order valence-electron chi connectivity index (χ1n) is 10.5. The highest BCUT2D eigenvalue weighted by Gasteiger charge is 2.29. The van der Waals surface area contributed by atoms with Gasteiger partial charge in [-0.1, -0.05) is 44.5 Å². The Morgan fingerprint density at radius 2 is 1.88 bits per heavy atom. The quantitative estimate of drug-likeness (QED) is 0.722. The van der Waals surface area contributed by atoms with E-state index in [-0.39, 0.29) is 0 Å². The molecule has 3 nitrogen and oxygen atoms in total. The Labute approximate surface area is 158 Å². The number of hydrogen-bond acceptors (Lipinski definition) is 3. The molecule has 0 saturated heterocycles. The van der Waals surface area contributed by atoms with Gasteiger partial charge in [0.2, 0.25) is 0 Å². The fraction of sp³-hybridized carbons (Fsp3) is 0.609. The molecule has 2 atom stereocenters. The van der Waals surface area contributed by atoms with Crippen molar-refractivity contribution in [2.24, 2.45) is 11.0 Å². The molecule has 1 saturated carbocycles.